The normalized spacial score (nSPS) is 20.9. The van der Waals surface area contributed by atoms with Crippen LogP contribution in [0, 0.1) is 14.1 Å². The monoisotopic (exact) mass is 124 g/mol. The number of amides is 2. The first-order chi connectivity index (χ1) is 4.22. The molecule has 9 heavy (non-hydrogen) atoms. The van der Waals surface area contributed by atoms with Crippen LogP contribution in [0.25, 0.3) is 0 Å². The van der Waals surface area contributed by atoms with Crippen LogP contribution in [0.4, 0.5) is 4.79 Å². The van der Waals surface area contributed by atoms with Gasteiger partial charge in [-0.05, 0) is 6.42 Å². The first-order valence-electron chi connectivity index (χ1n) is 2.80. The number of nitrogens with zero attached hydrogens (tertiary/aromatic N) is 2. The molecule has 0 aromatic rings. The topological polar surface area (TPSA) is 23.6 Å². The molecule has 0 atom stereocenters. The van der Waals surface area contributed by atoms with Gasteiger partial charge in [0.15, 0.2) is 0 Å². The smallest absolute Gasteiger partial charge is 0.317 e. The van der Waals surface area contributed by atoms with Crippen LogP contribution >= 0.6 is 0 Å². The Balaban J connectivity index is 2.52. The molecule has 1 saturated heterocycles. The van der Waals surface area contributed by atoms with E-state index in [4.69, 9.17) is 14.1 Å². The maximum atomic E-state index is 10.7. The van der Waals surface area contributed by atoms with E-state index < -0.39 is 0 Å². The molecule has 3 heteroatoms. The van der Waals surface area contributed by atoms with Crippen molar-refractivity contribution in [3.05, 3.63) is 14.1 Å². The second-order valence-electron chi connectivity index (χ2n) is 2.02. The van der Waals surface area contributed by atoms with Crippen LogP contribution in [-0.4, -0.2) is 28.9 Å². The fourth-order valence-electron chi connectivity index (χ4n) is 0.768. The number of rotatable bonds is 0. The van der Waals surface area contributed by atoms with Gasteiger partial charge in [-0.25, -0.2) is 4.79 Å². The maximum Gasteiger partial charge on any atom is 0.320 e. The molecule has 0 aromatic heterocycles. The van der Waals surface area contributed by atoms with Gasteiger partial charge in [0.2, 0.25) is 0 Å². The molecule has 1 fully saturated rings. The van der Waals surface area contributed by atoms with Gasteiger partial charge in [0.05, 0.1) is 14.1 Å². The average Bonchev–Trinajstić information content (AvgIpc) is 1.83. The zero-order chi connectivity index (χ0) is 6.85. The van der Waals surface area contributed by atoms with Crippen LogP contribution in [0.15, 0.2) is 0 Å². The highest BCUT2D eigenvalue weighted by molar-refractivity contribution is 5.75. The van der Waals surface area contributed by atoms with Crippen LogP contribution in [0.1, 0.15) is 6.42 Å². The summed E-state index contributed by atoms with van der Waals surface area (Å²) in [6, 6.07) is -0.304. The van der Waals surface area contributed by atoms with Gasteiger partial charge in [-0.3, -0.25) is 0 Å². The van der Waals surface area contributed by atoms with Crippen molar-refractivity contribution in [2.24, 2.45) is 0 Å². The lowest BCUT2D eigenvalue weighted by Gasteiger charge is -2.29. The fourth-order valence-corrected chi connectivity index (χ4v) is 0.768. The van der Waals surface area contributed by atoms with Gasteiger partial charge in [0, 0.05) is 13.1 Å². The number of hydrogen-bond donors (Lipinski definition) is 0. The Kier molecular flexibility index (Phi) is 1.60. The SMILES string of the molecule is [CH]N1CCCN([CH])C1=O. The van der Waals surface area contributed by atoms with E-state index in [0.29, 0.717) is 13.1 Å². The quantitative estimate of drug-likeness (QED) is 0.460. The van der Waals surface area contributed by atoms with E-state index in [1.165, 1.54) is 0 Å². The van der Waals surface area contributed by atoms with E-state index in [1.807, 2.05) is 0 Å². The summed E-state index contributed by atoms with van der Waals surface area (Å²) < 4.78 is 0. The summed E-state index contributed by atoms with van der Waals surface area (Å²) in [7, 11) is 10.5. The average molecular weight is 124 g/mol. The van der Waals surface area contributed by atoms with Crippen molar-refractivity contribution in [1.29, 1.82) is 0 Å². The summed E-state index contributed by atoms with van der Waals surface area (Å²) >= 11 is 0. The molecule has 0 unspecified atom stereocenters. The molecule has 4 radical (unpaired) electrons. The zero-order valence-corrected chi connectivity index (χ0v) is 5.08. The summed E-state index contributed by atoms with van der Waals surface area (Å²) in [6.45, 7) is 1.21. The highest BCUT2D eigenvalue weighted by Crippen LogP contribution is 2.04. The third-order valence-corrected chi connectivity index (χ3v) is 1.29. The largest absolute Gasteiger partial charge is 0.320 e. The first-order valence-corrected chi connectivity index (χ1v) is 2.80. The highest BCUT2D eigenvalue weighted by atomic mass is 16.2. The molecule has 1 heterocycles. The van der Waals surface area contributed by atoms with Crippen molar-refractivity contribution in [3.8, 4) is 0 Å². The van der Waals surface area contributed by atoms with Crippen LogP contribution in [0.2, 0.25) is 0 Å². The van der Waals surface area contributed by atoms with Crippen LogP contribution in [0.5, 0.6) is 0 Å². The predicted octanol–water partition coefficient (Wildman–Crippen LogP) is 0.451. The van der Waals surface area contributed by atoms with Gasteiger partial charge in [0.1, 0.15) is 0 Å². The molecule has 2 amide bonds. The molecule has 1 aliphatic rings. The Bertz CT molecular complexity index is 112. The third kappa shape index (κ3) is 1.15. The minimum Gasteiger partial charge on any atom is -0.317 e. The molecule has 1 rings (SSSR count). The van der Waals surface area contributed by atoms with Gasteiger partial charge in [0.25, 0.3) is 0 Å². The number of carbonyl (C=O) groups excluding carboxylic acids is 1. The Morgan fingerprint density at radius 2 is 1.67 bits per heavy atom. The van der Waals surface area contributed by atoms with E-state index in [-0.39, 0.29) is 6.03 Å². The first kappa shape index (κ1) is 6.39. The zero-order valence-electron chi connectivity index (χ0n) is 5.08. The Labute approximate surface area is 55.2 Å². The van der Waals surface area contributed by atoms with E-state index in [2.05, 4.69) is 0 Å². The minimum absolute atomic E-state index is 0.304. The summed E-state index contributed by atoms with van der Waals surface area (Å²) in [6.07, 6.45) is 0.846. The van der Waals surface area contributed by atoms with E-state index >= 15 is 0 Å². The molecule has 0 aromatic carbocycles. The molecule has 3 nitrogen and oxygen atoms in total. The maximum absolute atomic E-state index is 10.7. The molecule has 0 saturated carbocycles. The summed E-state index contributed by atoms with van der Waals surface area (Å²) in [5.41, 5.74) is 0. The summed E-state index contributed by atoms with van der Waals surface area (Å²) in [5.74, 6) is 0. The minimum atomic E-state index is -0.304. The van der Waals surface area contributed by atoms with Crippen molar-refractivity contribution >= 4 is 6.03 Å². The molecular formula is C6H8N2O. The Hall–Kier alpha value is -0.730. The molecular weight excluding hydrogens is 116 g/mol. The summed E-state index contributed by atoms with van der Waals surface area (Å²) in [4.78, 5) is 13.0. The van der Waals surface area contributed by atoms with Crippen LogP contribution in [-0.2, 0) is 0 Å². The van der Waals surface area contributed by atoms with Crippen molar-refractivity contribution in [1.82, 2.24) is 9.80 Å². The lowest BCUT2D eigenvalue weighted by molar-refractivity contribution is 0.167. The lowest BCUT2D eigenvalue weighted by atomic mass is 10.3. The van der Waals surface area contributed by atoms with Gasteiger partial charge >= 0.3 is 6.03 Å². The highest BCUT2D eigenvalue weighted by Gasteiger charge is 2.18. The number of urea groups is 1. The molecule has 0 spiro atoms. The van der Waals surface area contributed by atoms with Crippen LogP contribution in [0.3, 0.4) is 0 Å². The Morgan fingerprint density at radius 1 is 1.22 bits per heavy atom. The molecule has 48 valence electrons. The van der Waals surface area contributed by atoms with E-state index in [9.17, 15) is 4.79 Å². The Morgan fingerprint density at radius 3 is 2.00 bits per heavy atom. The van der Waals surface area contributed by atoms with Crippen LogP contribution < -0.4 is 0 Å². The van der Waals surface area contributed by atoms with Gasteiger partial charge in [-0.2, -0.15) is 0 Å². The van der Waals surface area contributed by atoms with Gasteiger partial charge in [-0.15, -0.1) is 0 Å². The predicted molar refractivity (Wildman–Crippen MR) is 32.0 cm³/mol. The number of hydrogen-bond acceptors (Lipinski definition) is 1. The fraction of sp³-hybridized carbons (Fsp3) is 0.500. The van der Waals surface area contributed by atoms with Gasteiger partial charge in [-0.1, -0.05) is 0 Å². The van der Waals surface area contributed by atoms with E-state index in [0.717, 1.165) is 16.2 Å². The van der Waals surface area contributed by atoms with Crippen molar-refractivity contribution in [2.45, 2.75) is 6.42 Å². The standard InChI is InChI=1S/C6H8N2O/c1-7-4-3-5-8(2)6(7)9/h1-2H,3-5H2. The summed E-state index contributed by atoms with van der Waals surface area (Å²) in [5, 5.41) is 0. The van der Waals surface area contributed by atoms with Crippen molar-refractivity contribution in [2.75, 3.05) is 13.1 Å². The van der Waals surface area contributed by atoms with E-state index in [1.54, 1.807) is 0 Å². The molecule has 1 aliphatic heterocycles. The lowest BCUT2D eigenvalue weighted by Crippen LogP contribution is -2.42. The number of carbonyl (C=O) groups is 1. The van der Waals surface area contributed by atoms with Crippen molar-refractivity contribution in [3.63, 3.8) is 0 Å². The molecule has 0 bridgehead atoms. The third-order valence-electron chi connectivity index (χ3n) is 1.29. The molecule has 0 aliphatic carbocycles. The van der Waals surface area contributed by atoms with Crippen molar-refractivity contribution < 1.29 is 4.79 Å². The second-order valence-corrected chi connectivity index (χ2v) is 2.02. The molecule has 0 N–H and O–H groups in total. The van der Waals surface area contributed by atoms with Gasteiger partial charge < -0.3 is 9.80 Å². The second kappa shape index (κ2) is 2.25.